The summed E-state index contributed by atoms with van der Waals surface area (Å²) in [7, 11) is 1.85. The molecule has 0 radical (unpaired) electrons. The number of para-hydroxylation sites is 1. The third kappa shape index (κ3) is 3.88. The van der Waals surface area contributed by atoms with E-state index in [1.54, 1.807) is 40.2 Å². The molecule has 0 aliphatic rings. The van der Waals surface area contributed by atoms with Crippen molar-refractivity contribution < 1.29 is 4.79 Å². The van der Waals surface area contributed by atoms with Crippen molar-refractivity contribution in [3.8, 4) is 5.69 Å². The molecule has 4 heterocycles. The molecule has 5 rings (SSSR count). The first-order valence-corrected chi connectivity index (χ1v) is 10.6. The summed E-state index contributed by atoms with van der Waals surface area (Å²) in [5, 5.41) is 13.9. The average Bonchev–Trinajstić information content (AvgIpc) is 3.49. The van der Waals surface area contributed by atoms with Crippen LogP contribution in [0.25, 0.3) is 16.6 Å². The Labute approximate surface area is 186 Å². The van der Waals surface area contributed by atoms with Gasteiger partial charge in [0.05, 0.1) is 45.5 Å². The molecule has 5 aromatic rings. The zero-order valence-corrected chi connectivity index (χ0v) is 17.9. The summed E-state index contributed by atoms with van der Waals surface area (Å²) < 4.78 is 3.53. The summed E-state index contributed by atoms with van der Waals surface area (Å²) >= 11 is 7.56. The normalized spacial score (nSPS) is 11.0. The molecule has 0 saturated carbocycles. The van der Waals surface area contributed by atoms with Crippen LogP contribution >= 0.6 is 22.9 Å². The number of nitrogens with one attached hydrogen (secondary N) is 2. The van der Waals surface area contributed by atoms with Crippen molar-refractivity contribution >= 4 is 57.1 Å². The average molecular weight is 450 g/mol. The molecule has 0 unspecified atom stereocenters. The number of imidazole rings is 1. The molecule has 0 aliphatic heterocycles. The fourth-order valence-electron chi connectivity index (χ4n) is 3.11. The lowest BCUT2D eigenvalue weighted by molar-refractivity contribution is 0.103. The van der Waals surface area contributed by atoms with E-state index in [9.17, 15) is 4.79 Å². The number of aryl methyl sites for hydroxylation is 1. The van der Waals surface area contributed by atoms with E-state index in [1.807, 2.05) is 42.8 Å². The lowest BCUT2D eigenvalue weighted by Crippen LogP contribution is -2.10. The highest BCUT2D eigenvalue weighted by atomic mass is 35.5. The number of rotatable bonds is 5. The highest BCUT2D eigenvalue weighted by Gasteiger charge is 2.14. The molecule has 0 aliphatic carbocycles. The molecule has 1 aromatic carbocycles. The van der Waals surface area contributed by atoms with E-state index in [0.29, 0.717) is 21.5 Å². The number of hydrogen-bond donors (Lipinski definition) is 2. The number of halogens is 1. The van der Waals surface area contributed by atoms with Crippen molar-refractivity contribution in [2.24, 2.45) is 7.05 Å². The van der Waals surface area contributed by atoms with Gasteiger partial charge in [-0.3, -0.25) is 4.79 Å². The third-order valence-electron chi connectivity index (χ3n) is 4.59. The Morgan fingerprint density at radius 1 is 1.13 bits per heavy atom. The number of thiophene rings is 1. The van der Waals surface area contributed by atoms with Crippen LogP contribution in [0.15, 0.2) is 66.7 Å². The molecule has 0 fully saturated rings. The van der Waals surface area contributed by atoms with Gasteiger partial charge >= 0.3 is 0 Å². The van der Waals surface area contributed by atoms with Crippen LogP contribution in [0.2, 0.25) is 5.02 Å². The SMILES string of the molecule is Cn1cnc(NC(=O)c2cc(-n3ncc4cc(Nc5ccccc5Cl)ncc43)cs2)c1. The zero-order chi connectivity index (χ0) is 21.4. The maximum Gasteiger partial charge on any atom is 0.267 e. The number of fused-ring (bicyclic) bond motifs is 1. The van der Waals surface area contributed by atoms with E-state index >= 15 is 0 Å². The number of pyridine rings is 1. The van der Waals surface area contributed by atoms with Crippen molar-refractivity contribution in [1.82, 2.24) is 24.3 Å². The van der Waals surface area contributed by atoms with Gasteiger partial charge in [-0.2, -0.15) is 5.10 Å². The number of benzene rings is 1. The van der Waals surface area contributed by atoms with Crippen LogP contribution in [-0.2, 0) is 7.05 Å². The Kier molecular flexibility index (Phi) is 4.89. The number of amides is 1. The largest absolute Gasteiger partial charge is 0.339 e. The van der Waals surface area contributed by atoms with E-state index in [-0.39, 0.29) is 5.91 Å². The van der Waals surface area contributed by atoms with Gasteiger partial charge in [-0.1, -0.05) is 23.7 Å². The molecule has 4 aromatic heterocycles. The third-order valence-corrected chi connectivity index (χ3v) is 5.84. The molecule has 10 heteroatoms. The van der Waals surface area contributed by atoms with Gasteiger partial charge in [-0.05, 0) is 24.3 Å². The second-order valence-corrected chi connectivity index (χ2v) is 8.16. The summed E-state index contributed by atoms with van der Waals surface area (Å²) in [6, 6.07) is 11.2. The van der Waals surface area contributed by atoms with E-state index in [1.165, 1.54) is 11.3 Å². The van der Waals surface area contributed by atoms with Crippen LogP contribution in [0.5, 0.6) is 0 Å². The lowest BCUT2D eigenvalue weighted by atomic mass is 10.3. The summed E-state index contributed by atoms with van der Waals surface area (Å²) in [4.78, 5) is 21.7. The smallest absolute Gasteiger partial charge is 0.267 e. The first kappa shape index (κ1) is 19.3. The minimum absolute atomic E-state index is 0.212. The van der Waals surface area contributed by atoms with E-state index in [2.05, 4.69) is 25.7 Å². The van der Waals surface area contributed by atoms with Gasteiger partial charge in [0.15, 0.2) is 5.82 Å². The molecule has 31 heavy (non-hydrogen) atoms. The van der Waals surface area contributed by atoms with Gasteiger partial charge in [0, 0.05) is 24.0 Å². The van der Waals surface area contributed by atoms with Crippen LogP contribution in [0.4, 0.5) is 17.3 Å². The monoisotopic (exact) mass is 449 g/mol. The zero-order valence-electron chi connectivity index (χ0n) is 16.3. The van der Waals surface area contributed by atoms with Crippen LogP contribution < -0.4 is 10.6 Å². The maximum atomic E-state index is 12.5. The number of hydrogen-bond acceptors (Lipinski definition) is 6. The molecular weight excluding hydrogens is 434 g/mol. The Hall–Kier alpha value is -3.69. The highest BCUT2D eigenvalue weighted by molar-refractivity contribution is 7.12. The summed E-state index contributed by atoms with van der Waals surface area (Å²) in [5.74, 6) is 0.964. The van der Waals surface area contributed by atoms with Crippen molar-refractivity contribution in [3.63, 3.8) is 0 Å². The molecule has 1 amide bonds. The highest BCUT2D eigenvalue weighted by Crippen LogP contribution is 2.27. The lowest BCUT2D eigenvalue weighted by Gasteiger charge is -2.07. The van der Waals surface area contributed by atoms with E-state index < -0.39 is 0 Å². The predicted molar refractivity (Wildman–Crippen MR) is 123 cm³/mol. The molecule has 0 spiro atoms. The molecular formula is C21H16ClN7OS. The van der Waals surface area contributed by atoms with Crippen LogP contribution in [0.3, 0.4) is 0 Å². The van der Waals surface area contributed by atoms with Crippen molar-refractivity contribution in [2.75, 3.05) is 10.6 Å². The molecule has 0 bridgehead atoms. The van der Waals surface area contributed by atoms with Crippen LogP contribution in [0, 0.1) is 0 Å². The minimum Gasteiger partial charge on any atom is -0.339 e. The maximum absolute atomic E-state index is 12.5. The van der Waals surface area contributed by atoms with E-state index in [4.69, 9.17) is 11.6 Å². The number of aromatic nitrogens is 5. The summed E-state index contributed by atoms with van der Waals surface area (Å²) in [6.45, 7) is 0. The summed E-state index contributed by atoms with van der Waals surface area (Å²) in [6.07, 6.45) is 6.88. The van der Waals surface area contributed by atoms with Crippen molar-refractivity contribution in [2.45, 2.75) is 0 Å². The first-order chi connectivity index (χ1) is 15.1. The fourth-order valence-corrected chi connectivity index (χ4v) is 4.06. The van der Waals surface area contributed by atoms with Gasteiger partial charge in [-0.15, -0.1) is 11.3 Å². The fraction of sp³-hybridized carbons (Fsp3) is 0.0476. The number of anilines is 3. The van der Waals surface area contributed by atoms with Gasteiger partial charge in [0.1, 0.15) is 5.82 Å². The van der Waals surface area contributed by atoms with Gasteiger partial charge in [0.25, 0.3) is 5.91 Å². The molecule has 0 atom stereocenters. The van der Waals surface area contributed by atoms with Gasteiger partial charge in [0.2, 0.25) is 0 Å². The second-order valence-electron chi connectivity index (χ2n) is 6.84. The van der Waals surface area contributed by atoms with Crippen molar-refractivity contribution in [3.05, 3.63) is 76.6 Å². The quantitative estimate of drug-likeness (QED) is 0.399. The second kappa shape index (κ2) is 7.86. The Morgan fingerprint density at radius 3 is 2.81 bits per heavy atom. The van der Waals surface area contributed by atoms with E-state index in [0.717, 1.165) is 22.3 Å². The summed E-state index contributed by atoms with van der Waals surface area (Å²) in [5.41, 5.74) is 2.41. The molecule has 8 nitrogen and oxygen atoms in total. The predicted octanol–water partition coefficient (Wildman–Crippen LogP) is 4.86. The van der Waals surface area contributed by atoms with Crippen LogP contribution in [0.1, 0.15) is 9.67 Å². The minimum atomic E-state index is -0.212. The molecule has 2 N–H and O–H groups in total. The topological polar surface area (TPSA) is 89.7 Å². The number of carbonyl (C=O) groups is 1. The standard InChI is InChI=1S/C21H16ClN7OS/c1-28-10-20(24-12-28)27-21(30)18-7-14(11-31-18)29-17-9-23-19(6-13(17)8-25-29)26-16-5-3-2-4-15(16)22/h2-12H,1H3,(H,23,26)(H,27,30). The van der Waals surface area contributed by atoms with Gasteiger partial charge < -0.3 is 15.2 Å². The number of nitrogens with zero attached hydrogens (tertiary/aromatic N) is 5. The Bertz CT molecular complexity index is 1400. The first-order valence-electron chi connectivity index (χ1n) is 9.30. The molecule has 154 valence electrons. The molecule has 0 saturated heterocycles. The Balaban J connectivity index is 1.38. The van der Waals surface area contributed by atoms with Crippen LogP contribution in [-0.4, -0.2) is 30.2 Å². The Morgan fingerprint density at radius 2 is 2.00 bits per heavy atom. The number of carbonyl (C=O) groups excluding carboxylic acids is 1. The van der Waals surface area contributed by atoms with Crippen molar-refractivity contribution in [1.29, 1.82) is 0 Å². The van der Waals surface area contributed by atoms with Gasteiger partial charge in [-0.25, -0.2) is 14.6 Å².